The van der Waals surface area contributed by atoms with Crippen LogP contribution in [0.15, 0.2) is 24.3 Å². The van der Waals surface area contributed by atoms with Gasteiger partial charge in [0.05, 0.1) is 12.0 Å². The van der Waals surface area contributed by atoms with Gasteiger partial charge < -0.3 is 4.74 Å². The second kappa shape index (κ2) is 2.81. The average Bonchev–Trinajstić information content (AvgIpc) is 2.05. The predicted octanol–water partition coefficient (Wildman–Crippen LogP) is 1.82. The molecule has 1 saturated heterocycles. The highest BCUT2D eigenvalue weighted by molar-refractivity contribution is 7.99. The molecule has 1 fully saturated rings. The molecule has 2 unspecified atom stereocenters. The van der Waals surface area contributed by atoms with E-state index in [-0.39, 0.29) is 0 Å². The van der Waals surface area contributed by atoms with Gasteiger partial charge in [0.15, 0.2) is 0 Å². The molecule has 1 nitrogen and oxygen atoms in total. The molecule has 2 heteroatoms. The van der Waals surface area contributed by atoms with Crippen molar-refractivity contribution in [3.8, 4) is 0 Å². The Hall–Kier alpha value is -0.210. The number of hydrogen-bond acceptors (Lipinski definition) is 2. The van der Waals surface area contributed by atoms with E-state index < -0.39 is 0 Å². The van der Waals surface area contributed by atoms with Crippen molar-refractivity contribution in [3.05, 3.63) is 24.3 Å². The maximum absolute atomic E-state index is 5.51. The van der Waals surface area contributed by atoms with Crippen molar-refractivity contribution in [1.82, 2.24) is 0 Å². The topological polar surface area (TPSA) is 9.23 Å². The molecule has 0 saturated carbocycles. The molecule has 1 aliphatic carbocycles. The summed E-state index contributed by atoms with van der Waals surface area (Å²) in [6.07, 6.45) is 8.92. The van der Waals surface area contributed by atoms with Crippen LogP contribution in [0.5, 0.6) is 0 Å². The Labute approximate surface area is 65.1 Å². The van der Waals surface area contributed by atoms with Crippen LogP contribution in [0.1, 0.15) is 0 Å². The summed E-state index contributed by atoms with van der Waals surface area (Å²) in [4.78, 5) is 0. The summed E-state index contributed by atoms with van der Waals surface area (Å²) in [5.41, 5.74) is 0. The van der Waals surface area contributed by atoms with Gasteiger partial charge in [-0.25, -0.2) is 0 Å². The highest BCUT2D eigenvalue weighted by Gasteiger charge is 2.22. The molecule has 0 aromatic carbocycles. The van der Waals surface area contributed by atoms with Crippen LogP contribution in [0.4, 0.5) is 0 Å². The summed E-state index contributed by atoms with van der Waals surface area (Å²) >= 11 is 1.87. The normalized spacial score (nSPS) is 37.6. The van der Waals surface area contributed by atoms with Crippen LogP contribution in [-0.4, -0.2) is 17.8 Å². The maximum atomic E-state index is 5.51. The average molecular weight is 154 g/mol. The predicted molar refractivity (Wildman–Crippen MR) is 44.0 cm³/mol. The SMILES string of the molecule is C1=CC2CSCOC2C=C1. The molecule has 0 aromatic heterocycles. The first kappa shape index (κ1) is 6.50. The van der Waals surface area contributed by atoms with E-state index in [1.165, 1.54) is 5.75 Å². The van der Waals surface area contributed by atoms with Gasteiger partial charge in [-0.3, -0.25) is 0 Å². The first-order chi connectivity index (χ1) is 4.97. The summed E-state index contributed by atoms with van der Waals surface area (Å²) in [5, 5.41) is 0. The highest BCUT2D eigenvalue weighted by atomic mass is 32.2. The Bertz CT molecular complexity index is 154. The van der Waals surface area contributed by atoms with E-state index >= 15 is 0 Å². The van der Waals surface area contributed by atoms with Gasteiger partial charge in [0, 0.05) is 11.7 Å². The van der Waals surface area contributed by atoms with Gasteiger partial charge in [-0.2, -0.15) is 0 Å². The number of ether oxygens (including phenoxy) is 1. The quantitative estimate of drug-likeness (QED) is 0.526. The van der Waals surface area contributed by atoms with Gasteiger partial charge in [-0.1, -0.05) is 24.3 Å². The summed E-state index contributed by atoms with van der Waals surface area (Å²) in [7, 11) is 0. The minimum absolute atomic E-state index is 0.367. The fourth-order valence-electron chi connectivity index (χ4n) is 1.27. The van der Waals surface area contributed by atoms with Crippen LogP contribution in [-0.2, 0) is 4.74 Å². The molecule has 2 atom stereocenters. The van der Waals surface area contributed by atoms with Crippen LogP contribution in [0.2, 0.25) is 0 Å². The number of thioether (sulfide) groups is 1. The third kappa shape index (κ3) is 1.13. The minimum Gasteiger partial charge on any atom is -0.363 e. The first-order valence-corrected chi connectivity index (χ1v) is 4.66. The number of fused-ring (bicyclic) bond motifs is 1. The minimum atomic E-state index is 0.367. The molecule has 1 heterocycles. The Balaban J connectivity index is 2.09. The largest absolute Gasteiger partial charge is 0.363 e. The molecule has 2 aliphatic rings. The molecule has 10 heavy (non-hydrogen) atoms. The zero-order valence-electron chi connectivity index (χ0n) is 5.69. The van der Waals surface area contributed by atoms with E-state index in [1.807, 2.05) is 11.8 Å². The smallest absolute Gasteiger partial charge is 0.0929 e. The second-order valence-electron chi connectivity index (χ2n) is 2.55. The number of hydrogen-bond donors (Lipinski definition) is 0. The van der Waals surface area contributed by atoms with Gasteiger partial charge >= 0.3 is 0 Å². The van der Waals surface area contributed by atoms with E-state index in [4.69, 9.17) is 4.74 Å². The third-order valence-corrected chi connectivity index (χ3v) is 2.77. The van der Waals surface area contributed by atoms with Crippen molar-refractivity contribution < 1.29 is 4.74 Å². The Morgan fingerprint density at radius 3 is 3.10 bits per heavy atom. The summed E-state index contributed by atoms with van der Waals surface area (Å²) in [5.74, 6) is 2.70. The van der Waals surface area contributed by atoms with Crippen molar-refractivity contribution in [2.24, 2.45) is 5.92 Å². The lowest BCUT2D eigenvalue weighted by Crippen LogP contribution is -2.28. The second-order valence-corrected chi connectivity index (χ2v) is 3.53. The van der Waals surface area contributed by atoms with Gasteiger partial charge in [0.25, 0.3) is 0 Å². The molecule has 0 amide bonds. The fourth-order valence-corrected chi connectivity index (χ4v) is 2.20. The molecular weight excluding hydrogens is 144 g/mol. The van der Waals surface area contributed by atoms with Crippen molar-refractivity contribution in [2.45, 2.75) is 6.10 Å². The van der Waals surface area contributed by atoms with E-state index in [1.54, 1.807) is 0 Å². The van der Waals surface area contributed by atoms with Gasteiger partial charge in [0.2, 0.25) is 0 Å². The lowest BCUT2D eigenvalue weighted by Gasteiger charge is -2.28. The van der Waals surface area contributed by atoms with Crippen LogP contribution in [0.3, 0.4) is 0 Å². The van der Waals surface area contributed by atoms with Crippen LogP contribution in [0.25, 0.3) is 0 Å². The van der Waals surface area contributed by atoms with Crippen molar-refractivity contribution in [1.29, 1.82) is 0 Å². The highest BCUT2D eigenvalue weighted by Crippen LogP contribution is 2.26. The van der Waals surface area contributed by atoms with Crippen molar-refractivity contribution in [2.75, 3.05) is 11.7 Å². The Morgan fingerprint density at radius 1 is 1.30 bits per heavy atom. The molecule has 54 valence electrons. The Morgan fingerprint density at radius 2 is 2.20 bits per heavy atom. The standard InChI is InChI=1S/C8H10OS/c1-2-4-8-7(3-1)5-10-6-9-8/h1-4,7-8H,5-6H2. The molecule has 2 rings (SSSR count). The van der Waals surface area contributed by atoms with E-state index in [2.05, 4.69) is 24.3 Å². The number of rotatable bonds is 0. The summed E-state index contributed by atoms with van der Waals surface area (Å²) in [6, 6.07) is 0. The lowest BCUT2D eigenvalue weighted by molar-refractivity contribution is 0.0918. The summed E-state index contributed by atoms with van der Waals surface area (Å²) in [6.45, 7) is 0. The molecule has 0 bridgehead atoms. The van der Waals surface area contributed by atoms with Gasteiger partial charge in [-0.15, -0.1) is 11.8 Å². The molecule has 0 aromatic rings. The summed E-state index contributed by atoms with van der Waals surface area (Å²) < 4.78 is 5.51. The zero-order chi connectivity index (χ0) is 6.81. The maximum Gasteiger partial charge on any atom is 0.0929 e. The van der Waals surface area contributed by atoms with E-state index in [0.717, 1.165) is 5.94 Å². The molecule has 0 N–H and O–H groups in total. The Kier molecular flexibility index (Phi) is 1.82. The van der Waals surface area contributed by atoms with Crippen LogP contribution >= 0.6 is 11.8 Å². The van der Waals surface area contributed by atoms with Crippen LogP contribution < -0.4 is 0 Å². The van der Waals surface area contributed by atoms with Gasteiger partial charge in [-0.05, 0) is 0 Å². The molecule has 0 radical (unpaired) electrons. The van der Waals surface area contributed by atoms with Crippen molar-refractivity contribution in [3.63, 3.8) is 0 Å². The fraction of sp³-hybridized carbons (Fsp3) is 0.500. The lowest BCUT2D eigenvalue weighted by atomic mass is 10.00. The number of allylic oxidation sites excluding steroid dienone is 2. The van der Waals surface area contributed by atoms with Crippen LogP contribution in [0, 0.1) is 5.92 Å². The monoisotopic (exact) mass is 154 g/mol. The zero-order valence-corrected chi connectivity index (χ0v) is 6.51. The van der Waals surface area contributed by atoms with Gasteiger partial charge in [0.1, 0.15) is 0 Å². The molecular formula is C8H10OS. The van der Waals surface area contributed by atoms with E-state index in [9.17, 15) is 0 Å². The molecule has 1 aliphatic heterocycles. The molecule has 0 spiro atoms. The first-order valence-electron chi connectivity index (χ1n) is 3.51. The van der Waals surface area contributed by atoms with Crippen molar-refractivity contribution >= 4 is 11.8 Å². The van der Waals surface area contributed by atoms with E-state index in [0.29, 0.717) is 12.0 Å². The third-order valence-electron chi connectivity index (χ3n) is 1.85.